The molecule has 3 rings (SSSR count). The summed E-state index contributed by atoms with van der Waals surface area (Å²) in [6.07, 6.45) is 6.31. The highest BCUT2D eigenvalue weighted by Gasteiger charge is 2.04. The fraction of sp³-hybridized carbons (Fsp3) is 0.238. The molecule has 134 valence electrons. The lowest BCUT2D eigenvalue weighted by molar-refractivity contribution is 0.312. The van der Waals surface area contributed by atoms with Crippen molar-refractivity contribution >= 4 is 22.4 Å². The zero-order chi connectivity index (χ0) is 18.2. The Morgan fingerprint density at radius 2 is 2.08 bits per heavy atom. The second-order valence-corrected chi connectivity index (χ2v) is 6.10. The number of hydrogen-bond acceptors (Lipinski definition) is 5. The molecule has 0 spiro atoms. The summed E-state index contributed by atoms with van der Waals surface area (Å²) in [6.45, 7) is 5.20. The maximum absolute atomic E-state index is 5.89. The molecule has 0 radical (unpaired) electrons. The molecule has 0 atom stereocenters. The van der Waals surface area contributed by atoms with E-state index in [1.54, 1.807) is 6.33 Å². The number of allylic oxidation sites excluding steroid dienone is 1. The Morgan fingerprint density at radius 3 is 2.96 bits per heavy atom. The summed E-state index contributed by atoms with van der Waals surface area (Å²) < 4.78 is 5.78. The van der Waals surface area contributed by atoms with Crippen LogP contribution in [0.3, 0.4) is 0 Å². The van der Waals surface area contributed by atoms with Crippen molar-refractivity contribution in [1.29, 1.82) is 0 Å². The topological polar surface area (TPSA) is 73.1 Å². The smallest absolute Gasteiger partial charge is 0.137 e. The number of nitrogens with two attached hydrogens (primary N) is 1. The number of nitrogen functional groups attached to an aromatic ring is 1. The van der Waals surface area contributed by atoms with Crippen molar-refractivity contribution in [2.75, 3.05) is 24.2 Å². The number of fused-ring (bicyclic) bond motifs is 1. The molecule has 0 fully saturated rings. The van der Waals surface area contributed by atoms with Gasteiger partial charge >= 0.3 is 0 Å². The zero-order valence-electron chi connectivity index (χ0n) is 14.8. The van der Waals surface area contributed by atoms with Gasteiger partial charge in [-0.25, -0.2) is 9.97 Å². The van der Waals surface area contributed by atoms with E-state index < -0.39 is 0 Å². The lowest BCUT2D eigenvalue weighted by atomic mass is 10.1. The zero-order valence-corrected chi connectivity index (χ0v) is 14.8. The van der Waals surface area contributed by atoms with E-state index in [2.05, 4.69) is 34.0 Å². The average Bonchev–Trinajstić information content (AvgIpc) is 2.66. The second kappa shape index (κ2) is 8.85. The Kier molecular flexibility index (Phi) is 6.04. The maximum atomic E-state index is 5.89. The third-order valence-corrected chi connectivity index (χ3v) is 4.09. The van der Waals surface area contributed by atoms with E-state index in [0.29, 0.717) is 12.3 Å². The number of hydrogen-bond donors (Lipinski definition) is 2. The fourth-order valence-electron chi connectivity index (χ4n) is 2.75. The van der Waals surface area contributed by atoms with E-state index in [4.69, 9.17) is 10.5 Å². The van der Waals surface area contributed by atoms with Crippen molar-refractivity contribution in [1.82, 2.24) is 9.97 Å². The minimum atomic E-state index is 0.705. The number of nitrogens with zero attached hydrogens (tertiary/aromatic N) is 2. The van der Waals surface area contributed by atoms with Gasteiger partial charge in [-0.2, -0.15) is 0 Å². The molecule has 3 N–H and O–H groups in total. The maximum Gasteiger partial charge on any atom is 0.137 e. The summed E-state index contributed by atoms with van der Waals surface area (Å²) in [4.78, 5) is 8.62. The summed E-state index contributed by atoms with van der Waals surface area (Å²) in [5.41, 5.74) is 8.69. The molecular weight excluding hydrogens is 324 g/mol. The van der Waals surface area contributed by atoms with Crippen LogP contribution in [0.1, 0.15) is 18.4 Å². The number of ether oxygens (including phenoxy) is 1. The van der Waals surface area contributed by atoms with Crippen molar-refractivity contribution in [2.24, 2.45) is 0 Å². The van der Waals surface area contributed by atoms with Crippen LogP contribution in [-0.4, -0.2) is 23.1 Å². The van der Waals surface area contributed by atoms with Crippen LogP contribution in [0.25, 0.3) is 10.9 Å². The Labute approximate surface area is 153 Å². The Morgan fingerprint density at radius 1 is 1.15 bits per heavy atom. The van der Waals surface area contributed by atoms with Gasteiger partial charge in [-0.3, -0.25) is 0 Å². The number of unbranched alkanes of at least 4 members (excludes halogenated alkanes) is 1. The van der Waals surface area contributed by atoms with E-state index in [9.17, 15) is 0 Å². The largest absolute Gasteiger partial charge is 0.494 e. The van der Waals surface area contributed by atoms with Crippen LogP contribution in [0.2, 0.25) is 0 Å². The molecule has 2 aromatic carbocycles. The van der Waals surface area contributed by atoms with E-state index >= 15 is 0 Å². The van der Waals surface area contributed by atoms with Gasteiger partial charge in [-0.1, -0.05) is 18.2 Å². The fourth-order valence-corrected chi connectivity index (χ4v) is 2.75. The standard InChI is InChI=1S/C21H24N4O/c1-2-3-4-12-26-18-7-5-6-16(13-18)10-11-23-21-19-14-17(22)8-9-20(19)24-15-25-21/h2,5-9,13-15H,1,3-4,10-12,22H2,(H,23,24,25). The monoisotopic (exact) mass is 348 g/mol. The number of nitrogens with one attached hydrogen (secondary N) is 1. The highest BCUT2D eigenvalue weighted by Crippen LogP contribution is 2.21. The van der Waals surface area contributed by atoms with Gasteiger partial charge in [0, 0.05) is 17.6 Å². The average molecular weight is 348 g/mol. The third-order valence-electron chi connectivity index (χ3n) is 4.09. The predicted octanol–water partition coefficient (Wildman–Crippen LogP) is 4.21. The number of anilines is 2. The van der Waals surface area contributed by atoms with Crippen LogP contribution in [0.5, 0.6) is 5.75 Å². The van der Waals surface area contributed by atoms with Gasteiger partial charge in [0.05, 0.1) is 12.1 Å². The lowest BCUT2D eigenvalue weighted by Gasteiger charge is -2.10. The van der Waals surface area contributed by atoms with Crippen LogP contribution >= 0.6 is 0 Å². The summed E-state index contributed by atoms with van der Waals surface area (Å²) in [6, 6.07) is 13.9. The summed E-state index contributed by atoms with van der Waals surface area (Å²) >= 11 is 0. The molecule has 1 heterocycles. The minimum absolute atomic E-state index is 0.705. The molecule has 26 heavy (non-hydrogen) atoms. The van der Waals surface area contributed by atoms with Gasteiger partial charge in [0.1, 0.15) is 17.9 Å². The molecular formula is C21H24N4O. The van der Waals surface area contributed by atoms with Crippen molar-refractivity contribution in [3.05, 3.63) is 67.0 Å². The quantitative estimate of drug-likeness (QED) is 0.344. The highest BCUT2D eigenvalue weighted by atomic mass is 16.5. The SMILES string of the molecule is C=CCCCOc1cccc(CCNc2ncnc3ccc(N)cc23)c1. The first kappa shape index (κ1) is 17.7. The molecule has 0 saturated carbocycles. The molecule has 0 saturated heterocycles. The van der Waals surface area contributed by atoms with Crippen molar-refractivity contribution in [3.63, 3.8) is 0 Å². The van der Waals surface area contributed by atoms with Gasteiger partial charge in [-0.05, 0) is 55.2 Å². The predicted molar refractivity (Wildman–Crippen MR) is 108 cm³/mol. The van der Waals surface area contributed by atoms with Crippen LogP contribution in [0.15, 0.2) is 61.4 Å². The third kappa shape index (κ3) is 4.72. The Hall–Kier alpha value is -3.08. The first-order chi connectivity index (χ1) is 12.8. The van der Waals surface area contributed by atoms with E-state index in [-0.39, 0.29) is 0 Å². The second-order valence-electron chi connectivity index (χ2n) is 6.10. The normalized spacial score (nSPS) is 10.6. The van der Waals surface area contributed by atoms with E-state index in [1.807, 2.05) is 36.4 Å². The molecule has 0 aliphatic carbocycles. The first-order valence-electron chi connectivity index (χ1n) is 8.83. The van der Waals surface area contributed by atoms with Crippen LogP contribution < -0.4 is 15.8 Å². The number of rotatable bonds is 9. The summed E-state index contributed by atoms with van der Waals surface area (Å²) in [7, 11) is 0. The van der Waals surface area contributed by atoms with Crippen LogP contribution in [-0.2, 0) is 6.42 Å². The minimum Gasteiger partial charge on any atom is -0.494 e. The van der Waals surface area contributed by atoms with Gasteiger partial charge in [0.25, 0.3) is 0 Å². The van der Waals surface area contributed by atoms with Gasteiger partial charge < -0.3 is 15.8 Å². The van der Waals surface area contributed by atoms with E-state index in [0.717, 1.165) is 48.3 Å². The van der Waals surface area contributed by atoms with Crippen molar-refractivity contribution in [3.8, 4) is 5.75 Å². The lowest BCUT2D eigenvalue weighted by Crippen LogP contribution is -2.07. The Balaban J connectivity index is 1.58. The molecule has 0 aliphatic heterocycles. The molecule has 5 nitrogen and oxygen atoms in total. The van der Waals surface area contributed by atoms with Crippen molar-refractivity contribution < 1.29 is 4.74 Å². The molecule has 0 aliphatic rings. The van der Waals surface area contributed by atoms with Crippen molar-refractivity contribution in [2.45, 2.75) is 19.3 Å². The van der Waals surface area contributed by atoms with Gasteiger partial charge in [0.2, 0.25) is 0 Å². The molecule has 5 heteroatoms. The Bertz CT molecular complexity index is 879. The van der Waals surface area contributed by atoms with E-state index in [1.165, 1.54) is 5.56 Å². The number of aromatic nitrogens is 2. The highest BCUT2D eigenvalue weighted by molar-refractivity contribution is 5.91. The molecule has 1 aromatic heterocycles. The molecule has 0 unspecified atom stereocenters. The van der Waals surface area contributed by atoms with Crippen LogP contribution in [0.4, 0.5) is 11.5 Å². The van der Waals surface area contributed by atoms with Gasteiger partial charge in [0.15, 0.2) is 0 Å². The first-order valence-corrected chi connectivity index (χ1v) is 8.83. The molecule has 3 aromatic rings. The molecule has 0 bridgehead atoms. The summed E-state index contributed by atoms with van der Waals surface area (Å²) in [5, 5.41) is 4.32. The van der Waals surface area contributed by atoms with Crippen LogP contribution in [0, 0.1) is 0 Å². The summed E-state index contributed by atoms with van der Waals surface area (Å²) in [5.74, 6) is 1.71. The van der Waals surface area contributed by atoms with Gasteiger partial charge in [-0.15, -0.1) is 6.58 Å². The molecule has 0 amide bonds. The number of benzene rings is 2.